The summed E-state index contributed by atoms with van der Waals surface area (Å²) in [7, 11) is 0. The Hall–Kier alpha value is -1.06. The summed E-state index contributed by atoms with van der Waals surface area (Å²) in [5, 5.41) is 0. The molecule has 0 radical (unpaired) electrons. The first-order valence-corrected chi connectivity index (χ1v) is 14.5. The van der Waals surface area contributed by atoms with Gasteiger partial charge in [-0.2, -0.15) is 0 Å². The number of unbranched alkanes of at least 4 members (excludes halogenated alkanes) is 15. The highest BCUT2D eigenvalue weighted by Crippen LogP contribution is 2.32. The third kappa shape index (κ3) is 15.5. The molecule has 1 rings (SSSR count). The van der Waals surface area contributed by atoms with Gasteiger partial charge in [-0.15, -0.1) is 0 Å². The Kier molecular flexibility index (Phi) is 19.5. The lowest BCUT2D eigenvalue weighted by Crippen LogP contribution is -2.35. The Morgan fingerprint density at radius 2 is 0.818 bits per heavy atom. The van der Waals surface area contributed by atoms with Crippen LogP contribution >= 0.6 is 0 Å². The second-order valence-electron chi connectivity index (χ2n) is 10.1. The van der Waals surface area contributed by atoms with Crippen molar-refractivity contribution in [1.82, 2.24) is 0 Å². The highest BCUT2D eigenvalue weighted by molar-refractivity contribution is 5.82. The Morgan fingerprint density at radius 1 is 0.515 bits per heavy atom. The molecule has 4 heteroatoms. The van der Waals surface area contributed by atoms with Gasteiger partial charge in [0.15, 0.2) is 0 Å². The van der Waals surface area contributed by atoms with E-state index in [4.69, 9.17) is 9.47 Å². The first-order chi connectivity index (χ1) is 16.2. The monoisotopic (exact) mass is 466 g/mol. The Bertz CT molecular complexity index is 476. The molecule has 0 aromatic carbocycles. The number of ether oxygens (including phenoxy) is 2. The van der Waals surface area contributed by atoms with Gasteiger partial charge in [0.25, 0.3) is 0 Å². The molecule has 0 aromatic rings. The van der Waals surface area contributed by atoms with Gasteiger partial charge in [0.05, 0.1) is 25.0 Å². The average Bonchev–Trinajstić information content (AvgIpc) is 2.84. The number of esters is 2. The molecule has 2 atom stereocenters. The number of hydrogen-bond acceptors (Lipinski definition) is 4. The van der Waals surface area contributed by atoms with E-state index in [0.717, 1.165) is 51.4 Å². The van der Waals surface area contributed by atoms with E-state index in [1.54, 1.807) is 0 Å². The molecule has 2 unspecified atom stereocenters. The molecule has 1 fully saturated rings. The normalized spacial score (nSPS) is 18.2. The third-order valence-electron chi connectivity index (χ3n) is 7.11. The molecule has 4 nitrogen and oxygen atoms in total. The van der Waals surface area contributed by atoms with Crippen molar-refractivity contribution in [3.8, 4) is 0 Å². The molecular weight excluding hydrogens is 412 g/mol. The number of rotatable bonds is 21. The second kappa shape index (κ2) is 21.5. The van der Waals surface area contributed by atoms with Crippen LogP contribution in [-0.4, -0.2) is 25.2 Å². The molecule has 0 bridgehead atoms. The molecule has 1 saturated carbocycles. The van der Waals surface area contributed by atoms with Gasteiger partial charge in [-0.1, -0.05) is 123 Å². The summed E-state index contributed by atoms with van der Waals surface area (Å²) in [5.74, 6) is -0.961. The summed E-state index contributed by atoms with van der Waals surface area (Å²) in [6, 6.07) is 0. The zero-order valence-corrected chi connectivity index (χ0v) is 22.1. The summed E-state index contributed by atoms with van der Waals surface area (Å²) >= 11 is 0. The molecule has 0 saturated heterocycles. The van der Waals surface area contributed by atoms with E-state index in [2.05, 4.69) is 13.8 Å². The van der Waals surface area contributed by atoms with Crippen molar-refractivity contribution in [3.05, 3.63) is 0 Å². The maximum absolute atomic E-state index is 12.6. The first kappa shape index (κ1) is 30.0. The molecule has 1 aliphatic rings. The minimum absolute atomic E-state index is 0.177. The van der Waals surface area contributed by atoms with E-state index in [9.17, 15) is 9.59 Å². The number of carbonyl (C=O) groups is 2. The van der Waals surface area contributed by atoms with Crippen molar-refractivity contribution in [1.29, 1.82) is 0 Å². The molecule has 0 spiro atoms. The molecule has 0 aromatic heterocycles. The number of carbonyl (C=O) groups excluding carboxylic acids is 2. The molecule has 1 aliphatic carbocycles. The summed E-state index contributed by atoms with van der Waals surface area (Å²) in [5.41, 5.74) is 0. The van der Waals surface area contributed by atoms with E-state index >= 15 is 0 Å². The molecule has 0 N–H and O–H groups in total. The van der Waals surface area contributed by atoms with Crippen LogP contribution in [0.3, 0.4) is 0 Å². The topological polar surface area (TPSA) is 52.6 Å². The third-order valence-corrected chi connectivity index (χ3v) is 7.11. The summed E-state index contributed by atoms with van der Waals surface area (Å²) < 4.78 is 11.1. The van der Waals surface area contributed by atoms with Crippen LogP contribution in [0.15, 0.2) is 0 Å². The van der Waals surface area contributed by atoms with Crippen molar-refractivity contribution in [2.75, 3.05) is 13.2 Å². The van der Waals surface area contributed by atoms with E-state index in [1.807, 2.05) is 0 Å². The molecule has 33 heavy (non-hydrogen) atoms. The molecule has 0 aliphatic heterocycles. The van der Waals surface area contributed by atoms with Gasteiger partial charge in [0, 0.05) is 0 Å². The lowest BCUT2D eigenvalue weighted by Gasteiger charge is -2.28. The van der Waals surface area contributed by atoms with E-state index in [1.165, 1.54) is 83.5 Å². The van der Waals surface area contributed by atoms with Gasteiger partial charge >= 0.3 is 11.9 Å². The van der Waals surface area contributed by atoms with Gasteiger partial charge in [0.1, 0.15) is 0 Å². The maximum Gasteiger partial charge on any atom is 0.309 e. The van der Waals surface area contributed by atoms with Crippen molar-refractivity contribution in [3.63, 3.8) is 0 Å². The molecule has 0 amide bonds. The van der Waals surface area contributed by atoms with Gasteiger partial charge in [0.2, 0.25) is 0 Å². The minimum Gasteiger partial charge on any atom is -0.465 e. The first-order valence-electron chi connectivity index (χ1n) is 14.5. The van der Waals surface area contributed by atoms with Crippen LogP contribution in [0.1, 0.15) is 149 Å². The van der Waals surface area contributed by atoms with Crippen LogP contribution in [0.5, 0.6) is 0 Å². The van der Waals surface area contributed by atoms with E-state index in [0.29, 0.717) is 13.2 Å². The van der Waals surface area contributed by atoms with E-state index in [-0.39, 0.29) is 23.8 Å². The molecule has 194 valence electrons. The van der Waals surface area contributed by atoms with Crippen LogP contribution in [0.4, 0.5) is 0 Å². The Labute approximate surface area is 205 Å². The SMILES string of the molecule is CCCCCCCCCCCCOC(=O)C1CCCCC1C(=O)OCCCCCCCCC. The van der Waals surface area contributed by atoms with Gasteiger partial charge in [-0.25, -0.2) is 0 Å². The maximum atomic E-state index is 12.6. The van der Waals surface area contributed by atoms with Crippen LogP contribution in [0, 0.1) is 11.8 Å². The van der Waals surface area contributed by atoms with Gasteiger partial charge in [-0.05, 0) is 25.7 Å². The Balaban J connectivity index is 2.12. The van der Waals surface area contributed by atoms with Gasteiger partial charge in [-0.3, -0.25) is 9.59 Å². The van der Waals surface area contributed by atoms with Crippen molar-refractivity contribution >= 4 is 11.9 Å². The standard InChI is InChI=1S/C29H54O4/c1-3-5-7-9-11-12-13-15-17-21-25-33-29(31)27-23-19-18-22-26(27)28(30)32-24-20-16-14-10-8-6-4-2/h26-27H,3-25H2,1-2H3. The lowest BCUT2D eigenvalue weighted by molar-refractivity contribution is -0.163. The molecular formula is C29H54O4. The van der Waals surface area contributed by atoms with Crippen LogP contribution in [0.2, 0.25) is 0 Å². The molecule has 0 heterocycles. The Morgan fingerprint density at radius 3 is 1.15 bits per heavy atom. The predicted molar refractivity (Wildman–Crippen MR) is 137 cm³/mol. The fourth-order valence-electron chi connectivity index (χ4n) is 4.90. The highest BCUT2D eigenvalue weighted by atomic mass is 16.5. The van der Waals surface area contributed by atoms with E-state index < -0.39 is 0 Å². The predicted octanol–water partition coefficient (Wildman–Crippen LogP) is 8.55. The smallest absolute Gasteiger partial charge is 0.309 e. The van der Waals surface area contributed by atoms with Crippen LogP contribution < -0.4 is 0 Å². The van der Waals surface area contributed by atoms with Gasteiger partial charge < -0.3 is 9.47 Å². The minimum atomic E-state index is -0.302. The fraction of sp³-hybridized carbons (Fsp3) is 0.931. The second-order valence-corrected chi connectivity index (χ2v) is 10.1. The van der Waals surface area contributed by atoms with Crippen molar-refractivity contribution in [2.24, 2.45) is 11.8 Å². The average molecular weight is 467 g/mol. The van der Waals surface area contributed by atoms with Crippen LogP contribution in [-0.2, 0) is 19.1 Å². The zero-order valence-electron chi connectivity index (χ0n) is 22.1. The quantitative estimate of drug-likeness (QED) is 0.126. The fourth-order valence-corrected chi connectivity index (χ4v) is 4.90. The van der Waals surface area contributed by atoms with Crippen molar-refractivity contribution in [2.45, 2.75) is 149 Å². The van der Waals surface area contributed by atoms with Crippen LogP contribution in [0.25, 0.3) is 0 Å². The highest BCUT2D eigenvalue weighted by Gasteiger charge is 2.37. The number of hydrogen-bond donors (Lipinski definition) is 0. The largest absolute Gasteiger partial charge is 0.465 e. The summed E-state index contributed by atoms with van der Waals surface area (Å²) in [6.07, 6.45) is 24.6. The zero-order chi connectivity index (χ0) is 24.0. The lowest BCUT2D eigenvalue weighted by atomic mass is 9.79. The summed E-state index contributed by atoms with van der Waals surface area (Å²) in [6.45, 7) is 5.46. The van der Waals surface area contributed by atoms with Crippen molar-refractivity contribution < 1.29 is 19.1 Å². The summed E-state index contributed by atoms with van der Waals surface area (Å²) in [4.78, 5) is 25.3.